The fraction of sp³-hybridized carbons (Fsp3) is 0.500. The van der Waals surface area contributed by atoms with E-state index < -0.39 is 9.84 Å². The Kier molecular flexibility index (Phi) is 5.61. The highest BCUT2D eigenvalue weighted by molar-refractivity contribution is 7.90. The quantitative estimate of drug-likeness (QED) is 0.695. The minimum atomic E-state index is -3.08. The van der Waals surface area contributed by atoms with Crippen LogP contribution in [-0.2, 0) is 16.3 Å². The highest BCUT2D eigenvalue weighted by Gasteiger charge is 2.05. The second-order valence-corrected chi connectivity index (χ2v) is 6.04. The van der Waals surface area contributed by atoms with E-state index in [4.69, 9.17) is 0 Å². The molecule has 0 spiro atoms. The van der Waals surface area contributed by atoms with Gasteiger partial charge in [0.15, 0.2) is 9.84 Å². The highest BCUT2D eigenvalue weighted by atomic mass is 32.2. The van der Waals surface area contributed by atoms with Crippen LogP contribution in [0.2, 0.25) is 0 Å². The molecular formula is C12H20N2O2S. The Morgan fingerprint density at radius 3 is 2.24 bits per heavy atom. The summed E-state index contributed by atoms with van der Waals surface area (Å²) in [5, 5.41) is 6.36. The molecule has 0 amide bonds. The molecule has 0 saturated carbocycles. The van der Waals surface area contributed by atoms with E-state index in [1.54, 1.807) is 12.1 Å². The van der Waals surface area contributed by atoms with Crippen LogP contribution in [0.25, 0.3) is 0 Å². The minimum Gasteiger partial charge on any atom is -0.318 e. The third-order valence-corrected chi connectivity index (χ3v) is 3.62. The van der Waals surface area contributed by atoms with Crippen molar-refractivity contribution in [1.29, 1.82) is 0 Å². The Morgan fingerprint density at radius 2 is 1.71 bits per heavy atom. The number of hydrogen-bond donors (Lipinski definition) is 2. The van der Waals surface area contributed by atoms with Gasteiger partial charge in [-0.15, -0.1) is 0 Å². The molecule has 0 aromatic heterocycles. The summed E-state index contributed by atoms with van der Waals surface area (Å²) >= 11 is 0. The highest BCUT2D eigenvalue weighted by Crippen LogP contribution is 2.10. The summed E-state index contributed by atoms with van der Waals surface area (Å²) in [7, 11) is -1.15. The number of hydrogen-bond acceptors (Lipinski definition) is 4. The van der Waals surface area contributed by atoms with Crippen molar-refractivity contribution in [3.63, 3.8) is 0 Å². The Morgan fingerprint density at radius 1 is 1.06 bits per heavy atom. The molecule has 0 saturated heterocycles. The van der Waals surface area contributed by atoms with Crippen LogP contribution < -0.4 is 10.6 Å². The van der Waals surface area contributed by atoms with Crippen molar-refractivity contribution in [1.82, 2.24) is 10.6 Å². The first-order valence-corrected chi connectivity index (χ1v) is 7.57. The van der Waals surface area contributed by atoms with Gasteiger partial charge >= 0.3 is 0 Å². The fourth-order valence-corrected chi connectivity index (χ4v) is 2.10. The van der Waals surface area contributed by atoms with Crippen LogP contribution in [0.15, 0.2) is 29.2 Å². The Hall–Kier alpha value is -0.910. The summed E-state index contributed by atoms with van der Waals surface area (Å²) in [5.41, 5.74) is 1.15. The van der Waals surface area contributed by atoms with E-state index in [1.807, 2.05) is 19.2 Å². The van der Waals surface area contributed by atoms with Gasteiger partial charge in [-0.3, -0.25) is 0 Å². The molecule has 0 aliphatic rings. The summed E-state index contributed by atoms with van der Waals surface area (Å²) in [6.45, 7) is 2.80. The van der Waals surface area contributed by atoms with Crippen LogP contribution in [0.1, 0.15) is 5.56 Å². The number of sulfone groups is 1. The van der Waals surface area contributed by atoms with Gasteiger partial charge in [-0.05, 0) is 37.7 Å². The first-order valence-electron chi connectivity index (χ1n) is 5.68. The molecule has 1 aromatic rings. The van der Waals surface area contributed by atoms with Gasteiger partial charge in [0.25, 0.3) is 0 Å². The first kappa shape index (κ1) is 14.2. The van der Waals surface area contributed by atoms with Crippen LogP contribution >= 0.6 is 0 Å². The third kappa shape index (κ3) is 5.30. The maximum absolute atomic E-state index is 11.3. The number of benzene rings is 1. The van der Waals surface area contributed by atoms with Gasteiger partial charge in [-0.2, -0.15) is 0 Å². The molecule has 0 atom stereocenters. The average Bonchev–Trinajstić information content (AvgIpc) is 2.28. The van der Waals surface area contributed by atoms with Crippen molar-refractivity contribution >= 4 is 9.84 Å². The lowest BCUT2D eigenvalue weighted by molar-refractivity contribution is 0.602. The molecule has 1 aromatic carbocycles. The topological polar surface area (TPSA) is 58.2 Å². The number of nitrogens with one attached hydrogen (secondary N) is 2. The van der Waals surface area contributed by atoms with E-state index in [0.717, 1.165) is 31.6 Å². The van der Waals surface area contributed by atoms with E-state index in [0.29, 0.717) is 4.90 Å². The normalized spacial score (nSPS) is 11.6. The monoisotopic (exact) mass is 256 g/mol. The molecule has 0 aliphatic heterocycles. The maximum Gasteiger partial charge on any atom is 0.175 e. The second kappa shape index (κ2) is 6.74. The van der Waals surface area contributed by atoms with Crippen LogP contribution in [0, 0.1) is 0 Å². The van der Waals surface area contributed by atoms with E-state index in [1.165, 1.54) is 6.26 Å². The lowest BCUT2D eigenvalue weighted by atomic mass is 10.1. The van der Waals surface area contributed by atoms with Crippen LogP contribution in [0.4, 0.5) is 0 Å². The molecule has 0 aliphatic carbocycles. The Labute approximate surface area is 103 Å². The Balaban J connectivity index is 2.41. The molecule has 5 heteroatoms. The van der Waals surface area contributed by atoms with E-state index >= 15 is 0 Å². The number of likely N-dealkylation sites (N-methyl/N-ethyl adjacent to an activating group) is 1. The van der Waals surface area contributed by atoms with Crippen LogP contribution in [0.5, 0.6) is 0 Å². The standard InChI is InChI=1S/C12H20N2O2S/c1-13-9-10-14-8-7-11-3-5-12(6-4-11)17(2,15)16/h3-6,13-14H,7-10H2,1-2H3. The Bertz CT molecular complexity index is 426. The van der Waals surface area contributed by atoms with Crippen molar-refractivity contribution in [3.05, 3.63) is 29.8 Å². The largest absolute Gasteiger partial charge is 0.318 e. The molecule has 4 nitrogen and oxygen atoms in total. The lowest BCUT2D eigenvalue weighted by Gasteiger charge is -2.05. The minimum absolute atomic E-state index is 0.379. The van der Waals surface area contributed by atoms with Gasteiger partial charge in [-0.25, -0.2) is 8.42 Å². The van der Waals surface area contributed by atoms with Crippen LogP contribution in [-0.4, -0.2) is 41.4 Å². The molecule has 0 fully saturated rings. The zero-order chi connectivity index (χ0) is 12.7. The molecular weight excluding hydrogens is 236 g/mol. The van der Waals surface area contributed by atoms with Crippen molar-refractivity contribution in [2.45, 2.75) is 11.3 Å². The number of rotatable bonds is 7. The van der Waals surface area contributed by atoms with Gasteiger partial charge in [0.2, 0.25) is 0 Å². The summed E-state index contributed by atoms with van der Waals surface area (Å²) in [6.07, 6.45) is 2.13. The molecule has 0 unspecified atom stereocenters. The summed E-state index contributed by atoms with van der Waals surface area (Å²) < 4.78 is 22.5. The predicted molar refractivity (Wildman–Crippen MR) is 70.1 cm³/mol. The maximum atomic E-state index is 11.3. The van der Waals surface area contributed by atoms with E-state index in [-0.39, 0.29) is 0 Å². The molecule has 0 heterocycles. The van der Waals surface area contributed by atoms with Gasteiger partial charge in [0, 0.05) is 19.3 Å². The van der Waals surface area contributed by atoms with Crippen molar-refractivity contribution in [2.75, 3.05) is 32.9 Å². The zero-order valence-electron chi connectivity index (χ0n) is 10.4. The lowest BCUT2D eigenvalue weighted by Crippen LogP contribution is -2.26. The molecule has 0 bridgehead atoms. The third-order valence-electron chi connectivity index (χ3n) is 2.49. The molecule has 96 valence electrons. The molecule has 1 rings (SSSR count). The zero-order valence-corrected chi connectivity index (χ0v) is 11.2. The summed E-state index contributed by atoms with van der Waals surface area (Å²) in [4.78, 5) is 0.379. The smallest absolute Gasteiger partial charge is 0.175 e. The average molecular weight is 256 g/mol. The van der Waals surface area contributed by atoms with Gasteiger partial charge in [-0.1, -0.05) is 12.1 Å². The van der Waals surface area contributed by atoms with E-state index in [2.05, 4.69) is 10.6 Å². The van der Waals surface area contributed by atoms with Gasteiger partial charge in [0.1, 0.15) is 0 Å². The molecule has 2 N–H and O–H groups in total. The van der Waals surface area contributed by atoms with Crippen molar-refractivity contribution in [2.24, 2.45) is 0 Å². The van der Waals surface area contributed by atoms with E-state index in [9.17, 15) is 8.42 Å². The summed E-state index contributed by atoms with van der Waals surface area (Å²) in [5.74, 6) is 0. The molecule has 17 heavy (non-hydrogen) atoms. The predicted octanol–water partition coefficient (Wildman–Crippen LogP) is 0.442. The first-order chi connectivity index (χ1) is 8.04. The van der Waals surface area contributed by atoms with Crippen molar-refractivity contribution in [3.8, 4) is 0 Å². The van der Waals surface area contributed by atoms with Crippen LogP contribution in [0.3, 0.4) is 0 Å². The second-order valence-electron chi connectivity index (χ2n) is 4.02. The fourth-order valence-electron chi connectivity index (χ4n) is 1.47. The SMILES string of the molecule is CNCCNCCc1ccc(S(C)(=O)=O)cc1. The van der Waals surface area contributed by atoms with Gasteiger partial charge < -0.3 is 10.6 Å². The van der Waals surface area contributed by atoms with Gasteiger partial charge in [0.05, 0.1) is 4.90 Å². The summed E-state index contributed by atoms with van der Waals surface area (Å²) in [6, 6.07) is 7.07. The molecule has 0 radical (unpaired) electrons. The van der Waals surface area contributed by atoms with Crippen molar-refractivity contribution < 1.29 is 8.42 Å².